The fourth-order valence-electron chi connectivity index (χ4n) is 5.36. The van der Waals surface area contributed by atoms with Crippen LogP contribution < -0.4 is 4.74 Å². The fraction of sp³-hybridized carbons (Fsp3) is 0.357. The van der Waals surface area contributed by atoms with E-state index in [-0.39, 0.29) is 12.0 Å². The number of nitrogens with zero attached hydrogens (tertiary/aromatic N) is 7. The largest absolute Gasteiger partial charge is 0.491 e. The van der Waals surface area contributed by atoms with Crippen LogP contribution in [0.15, 0.2) is 48.5 Å². The van der Waals surface area contributed by atoms with Crippen molar-refractivity contribution in [2.24, 2.45) is 0 Å². The summed E-state index contributed by atoms with van der Waals surface area (Å²) in [6.45, 7) is 4.44. The number of aromatic nitrogens is 8. The Morgan fingerprint density at radius 2 is 1.74 bits per heavy atom. The summed E-state index contributed by atoms with van der Waals surface area (Å²) in [5, 5.41) is 33.3. The van der Waals surface area contributed by atoms with Gasteiger partial charge >= 0.3 is 0 Å². The molecule has 0 radical (unpaired) electrons. The SMILES string of the molecule is CC(C)Oc1nnc(O)c2c1nc(C1CCCCC1)n2Cc1ccc(-c2ccccc2-c2nnn[nH]2)cc1. The summed E-state index contributed by atoms with van der Waals surface area (Å²) in [5.41, 5.74) is 5.27. The molecule has 3 aromatic heterocycles. The summed E-state index contributed by atoms with van der Waals surface area (Å²) in [6.07, 6.45) is 5.69. The molecular formula is C28H30N8O2. The molecule has 3 heterocycles. The van der Waals surface area contributed by atoms with Crippen molar-refractivity contribution in [1.82, 2.24) is 40.4 Å². The van der Waals surface area contributed by atoms with Crippen molar-refractivity contribution in [3.63, 3.8) is 0 Å². The van der Waals surface area contributed by atoms with Gasteiger partial charge in [-0.15, -0.1) is 15.3 Å². The van der Waals surface area contributed by atoms with Crippen molar-refractivity contribution in [3.05, 3.63) is 59.9 Å². The first kappa shape index (κ1) is 24.0. The van der Waals surface area contributed by atoms with E-state index in [1.165, 1.54) is 19.3 Å². The number of H-pyrrole nitrogens is 1. The molecule has 1 saturated carbocycles. The van der Waals surface area contributed by atoms with Crippen LogP contribution in [0.1, 0.15) is 63.3 Å². The highest BCUT2D eigenvalue weighted by Gasteiger charge is 2.27. The lowest BCUT2D eigenvalue weighted by atomic mass is 9.88. The summed E-state index contributed by atoms with van der Waals surface area (Å²) in [7, 11) is 0. The zero-order valence-corrected chi connectivity index (χ0v) is 21.5. The predicted molar refractivity (Wildman–Crippen MR) is 143 cm³/mol. The molecule has 0 spiro atoms. The Balaban J connectivity index is 1.39. The number of tetrazole rings is 1. The Bertz CT molecular complexity index is 1540. The highest BCUT2D eigenvalue weighted by molar-refractivity contribution is 5.85. The number of aromatic hydroxyl groups is 1. The molecule has 0 bridgehead atoms. The van der Waals surface area contributed by atoms with Gasteiger partial charge in [0.05, 0.1) is 6.10 Å². The van der Waals surface area contributed by atoms with Crippen molar-refractivity contribution in [3.8, 4) is 34.3 Å². The Hall–Kier alpha value is -4.34. The molecular weight excluding hydrogens is 480 g/mol. The van der Waals surface area contributed by atoms with E-state index in [9.17, 15) is 5.11 Å². The van der Waals surface area contributed by atoms with Crippen molar-refractivity contribution in [2.75, 3.05) is 0 Å². The second kappa shape index (κ2) is 10.2. The van der Waals surface area contributed by atoms with E-state index in [1.807, 2.05) is 32.0 Å². The van der Waals surface area contributed by atoms with Crippen LogP contribution >= 0.6 is 0 Å². The van der Waals surface area contributed by atoms with Gasteiger partial charge in [-0.2, -0.15) is 0 Å². The standard InChI is InChI=1S/C28H30N8O2/c1-17(2)38-28-23-24(27(37)32-33-28)36(26(29-23)20-8-4-3-5-9-20)16-18-12-14-19(15-13-18)21-10-6-7-11-22(21)25-30-34-35-31-25/h6-7,10-15,17,20H,3-5,8-9,16H2,1-2H3,(H,32,37)(H,30,31,34,35). The molecule has 2 aromatic carbocycles. The van der Waals surface area contributed by atoms with Crippen LogP contribution in [-0.4, -0.2) is 51.6 Å². The highest BCUT2D eigenvalue weighted by atomic mass is 16.5. The molecule has 2 N–H and O–H groups in total. The van der Waals surface area contributed by atoms with E-state index in [4.69, 9.17) is 9.72 Å². The average molecular weight is 511 g/mol. The molecule has 194 valence electrons. The summed E-state index contributed by atoms with van der Waals surface area (Å²) in [6, 6.07) is 16.5. The third-order valence-electron chi connectivity index (χ3n) is 7.10. The van der Waals surface area contributed by atoms with Crippen LogP contribution in [0.2, 0.25) is 0 Å². The van der Waals surface area contributed by atoms with E-state index < -0.39 is 0 Å². The van der Waals surface area contributed by atoms with Crippen LogP contribution in [0.4, 0.5) is 0 Å². The number of nitrogens with one attached hydrogen (secondary N) is 1. The van der Waals surface area contributed by atoms with Crippen molar-refractivity contribution < 1.29 is 9.84 Å². The van der Waals surface area contributed by atoms with E-state index in [0.717, 1.165) is 40.9 Å². The second-order valence-corrected chi connectivity index (χ2v) is 10.1. The van der Waals surface area contributed by atoms with E-state index in [0.29, 0.717) is 35.2 Å². The van der Waals surface area contributed by atoms with Gasteiger partial charge in [-0.3, -0.25) is 0 Å². The molecule has 1 aliphatic rings. The van der Waals surface area contributed by atoms with Gasteiger partial charge in [0.15, 0.2) is 11.3 Å². The molecule has 0 amide bonds. The molecule has 10 heteroatoms. The lowest BCUT2D eigenvalue weighted by molar-refractivity contribution is 0.232. The fourth-order valence-corrected chi connectivity index (χ4v) is 5.36. The van der Waals surface area contributed by atoms with Crippen LogP contribution in [0.5, 0.6) is 11.8 Å². The molecule has 38 heavy (non-hydrogen) atoms. The molecule has 0 aliphatic heterocycles. The van der Waals surface area contributed by atoms with E-state index in [1.54, 1.807) is 0 Å². The first-order chi connectivity index (χ1) is 18.6. The highest BCUT2D eigenvalue weighted by Crippen LogP contribution is 2.38. The zero-order chi connectivity index (χ0) is 26.1. The quantitative estimate of drug-likeness (QED) is 0.303. The van der Waals surface area contributed by atoms with E-state index >= 15 is 0 Å². The second-order valence-electron chi connectivity index (χ2n) is 10.1. The first-order valence-electron chi connectivity index (χ1n) is 13.1. The summed E-state index contributed by atoms with van der Waals surface area (Å²) < 4.78 is 8.02. The maximum Gasteiger partial charge on any atom is 0.262 e. The lowest BCUT2D eigenvalue weighted by Gasteiger charge is -2.22. The molecule has 0 saturated heterocycles. The molecule has 1 fully saturated rings. The summed E-state index contributed by atoms with van der Waals surface area (Å²) in [4.78, 5) is 5.00. The number of hydrogen-bond donors (Lipinski definition) is 2. The zero-order valence-electron chi connectivity index (χ0n) is 21.5. The maximum absolute atomic E-state index is 10.8. The maximum atomic E-state index is 10.8. The van der Waals surface area contributed by atoms with Crippen molar-refractivity contribution in [2.45, 2.75) is 64.5 Å². The van der Waals surface area contributed by atoms with Gasteiger partial charge in [0.2, 0.25) is 0 Å². The topological polar surface area (TPSA) is 128 Å². The van der Waals surface area contributed by atoms with Gasteiger partial charge in [-0.05, 0) is 53.8 Å². The van der Waals surface area contributed by atoms with Gasteiger partial charge in [0.25, 0.3) is 11.8 Å². The average Bonchev–Trinajstić information content (AvgIpc) is 3.61. The predicted octanol–water partition coefficient (Wildman–Crippen LogP) is 5.26. The number of aromatic amines is 1. The third-order valence-corrected chi connectivity index (χ3v) is 7.10. The number of hydrogen-bond acceptors (Lipinski definition) is 8. The van der Waals surface area contributed by atoms with Gasteiger partial charge in [0.1, 0.15) is 11.3 Å². The van der Waals surface area contributed by atoms with Gasteiger partial charge in [-0.1, -0.05) is 67.8 Å². The molecule has 0 unspecified atom stereocenters. The molecule has 5 aromatic rings. The number of imidazole rings is 1. The lowest BCUT2D eigenvalue weighted by Crippen LogP contribution is -2.13. The van der Waals surface area contributed by atoms with Crippen molar-refractivity contribution >= 4 is 11.0 Å². The van der Waals surface area contributed by atoms with Gasteiger partial charge in [-0.25, -0.2) is 10.1 Å². The smallest absolute Gasteiger partial charge is 0.262 e. The van der Waals surface area contributed by atoms with Crippen molar-refractivity contribution in [1.29, 1.82) is 0 Å². The minimum atomic E-state index is -0.128. The molecule has 6 rings (SSSR count). The van der Waals surface area contributed by atoms with Gasteiger partial charge in [0, 0.05) is 18.0 Å². The van der Waals surface area contributed by atoms with Crippen LogP contribution in [-0.2, 0) is 6.54 Å². The van der Waals surface area contributed by atoms with Gasteiger partial charge < -0.3 is 14.4 Å². The normalized spacial score (nSPS) is 14.4. The monoisotopic (exact) mass is 510 g/mol. The minimum absolute atomic E-state index is 0.0801. The molecule has 1 aliphatic carbocycles. The Morgan fingerprint density at radius 1 is 0.974 bits per heavy atom. The van der Waals surface area contributed by atoms with E-state index in [2.05, 4.69) is 65.7 Å². The van der Waals surface area contributed by atoms with Crippen LogP contribution in [0, 0.1) is 0 Å². The molecule has 10 nitrogen and oxygen atoms in total. The van der Waals surface area contributed by atoms with Crippen LogP contribution in [0.25, 0.3) is 33.5 Å². The first-order valence-corrected chi connectivity index (χ1v) is 13.1. The third kappa shape index (κ3) is 4.57. The number of benzene rings is 2. The number of ether oxygens (including phenoxy) is 1. The minimum Gasteiger partial charge on any atom is -0.491 e. The number of fused-ring (bicyclic) bond motifs is 1. The Kier molecular flexibility index (Phi) is 6.45. The summed E-state index contributed by atoms with van der Waals surface area (Å²) >= 11 is 0. The number of rotatable bonds is 7. The van der Waals surface area contributed by atoms with Crippen LogP contribution in [0.3, 0.4) is 0 Å². The molecule has 0 atom stereocenters. The summed E-state index contributed by atoms with van der Waals surface area (Å²) in [5.74, 6) is 2.15. The Morgan fingerprint density at radius 3 is 2.45 bits per heavy atom. The Labute approximate surface area is 220 Å².